The number of nitrogens with zero attached hydrogens (tertiary/aromatic N) is 1. The average molecular weight is 248 g/mol. The Hall–Kier alpha value is -1.06. The first kappa shape index (κ1) is 13.4. The number of hydrogen-bond donors (Lipinski definition) is 2. The van der Waals surface area contributed by atoms with Gasteiger partial charge >= 0.3 is 0 Å². The Kier molecular flexibility index (Phi) is 3.93. The third-order valence-corrected chi connectivity index (χ3v) is 4.05. The lowest BCUT2D eigenvalue weighted by atomic mass is 9.95. The van der Waals surface area contributed by atoms with Crippen LogP contribution >= 0.6 is 0 Å². The molecule has 2 rings (SSSR count). The van der Waals surface area contributed by atoms with Gasteiger partial charge in [-0.2, -0.15) is 0 Å². The molecule has 2 atom stereocenters. The van der Waals surface area contributed by atoms with Gasteiger partial charge in [-0.1, -0.05) is 26.0 Å². The minimum Gasteiger partial charge on any atom is -0.508 e. The predicted molar refractivity (Wildman–Crippen MR) is 74.7 cm³/mol. The summed E-state index contributed by atoms with van der Waals surface area (Å²) in [7, 11) is 2.11. The fraction of sp³-hybridized carbons (Fsp3) is 0.600. The maximum absolute atomic E-state index is 10.2. The van der Waals surface area contributed by atoms with E-state index in [1.54, 1.807) is 0 Å². The molecule has 1 aromatic carbocycles. The third-order valence-electron chi connectivity index (χ3n) is 4.05. The van der Waals surface area contributed by atoms with Crippen molar-refractivity contribution in [3.8, 4) is 5.75 Å². The Labute approximate surface area is 110 Å². The van der Waals surface area contributed by atoms with E-state index >= 15 is 0 Å². The normalized spacial score (nSPS) is 24.9. The monoisotopic (exact) mass is 248 g/mol. The summed E-state index contributed by atoms with van der Waals surface area (Å²) in [5.41, 5.74) is 7.98. The van der Waals surface area contributed by atoms with Crippen LogP contribution in [-0.4, -0.2) is 30.1 Å². The van der Waals surface area contributed by atoms with Gasteiger partial charge in [-0.25, -0.2) is 0 Å². The number of benzene rings is 1. The fourth-order valence-corrected chi connectivity index (χ4v) is 2.84. The molecule has 1 fully saturated rings. The van der Waals surface area contributed by atoms with Crippen LogP contribution in [0.1, 0.15) is 43.4 Å². The Bertz CT molecular complexity index is 417. The molecule has 0 aliphatic carbocycles. The van der Waals surface area contributed by atoms with Gasteiger partial charge in [-0.15, -0.1) is 0 Å². The van der Waals surface area contributed by atoms with Crippen LogP contribution in [0.3, 0.4) is 0 Å². The average Bonchev–Trinajstić information content (AvgIpc) is 2.70. The molecule has 1 saturated heterocycles. The van der Waals surface area contributed by atoms with E-state index in [9.17, 15) is 5.11 Å². The SMILES string of the molecule is CC(C)c1ccc(C2CC(CN)CN2C)c(O)c1. The molecule has 100 valence electrons. The quantitative estimate of drug-likeness (QED) is 0.864. The first-order valence-electron chi connectivity index (χ1n) is 6.76. The second-order valence-corrected chi connectivity index (χ2v) is 5.77. The molecule has 0 radical (unpaired) electrons. The van der Waals surface area contributed by atoms with Gasteiger partial charge in [0.15, 0.2) is 0 Å². The van der Waals surface area contributed by atoms with Crippen LogP contribution in [0.4, 0.5) is 0 Å². The summed E-state index contributed by atoms with van der Waals surface area (Å²) in [4.78, 5) is 2.29. The van der Waals surface area contributed by atoms with Gasteiger partial charge in [0, 0.05) is 18.2 Å². The zero-order valence-corrected chi connectivity index (χ0v) is 11.6. The van der Waals surface area contributed by atoms with Crippen molar-refractivity contribution in [2.45, 2.75) is 32.2 Å². The van der Waals surface area contributed by atoms with Crippen molar-refractivity contribution < 1.29 is 5.11 Å². The lowest BCUT2D eigenvalue weighted by Crippen LogP contribution is -2.20. The van der Waals surface area contributed by atoms with Crippen molar-refractivity contribution in [3.05, 3.63) is 29.3 Å². The molecule has 1 aliphatic rings. The summed E-state index contributed by atoms with van der Waals surface area (Å²) in [6.45, 7) is 6.03. The third kappa shape index (κ3) is 2.52. The van der Waals surface area contributed by atoms with Crippen molar-refractivity contribution in [1.29, 1.82) is 0 Å². The summed E-state index contributed by atoms with van der Waals surface area (Å²) < 4.78 is 0. The van der Waals surface area contributed by atoms with E-state index < -0.39 is 0 Å². The molecule has 0 aromatic heterocycles. The molecular weight excluding hydrogens is 224 g/mol. The highest BCUT2D eigenvalue weighted by Gasteiger charge is 2.31. The van der Waals surface area contributed by atoms with Gasteiger partial charge in [0.2, 0.25) is 0 Å². The predicted octanol–water partition coefficient (Wildman–Crippen LogP) is 2.47. The van der Waals surface area contributed by atoms with Crippen molar-refractivity contribution in [2.24, 2.45) is 11.7 Å². The van der Waals surface area contributed by atoms with Crippen LogP contribution in [-0.2, 0) is 0 Å². The van der Waals surface area contributed by atoms with Crippen molar-refractivity contribution >= 4 is 0 Å². The van der Waals surface area contributed by atoms with E-state index in [1.165, 1.54) is 5.56 Å². The number of aromatic hydroxyl groups is 1. The van der Waals surface area contributed by atoms with E-state index in [2.05, 4.69) is 37.9 Å². The Morgan fingerprint density at radius 3 is 2.67 bits per heavy atom. The molecule has 1 aromatic rings. The van der Waals surface area contributed by atoms with E-state index in [1.807, 2.05) is 6.07 Å². The largest absolute Gasteiger partial charge is 0.508 e. The van der Waals surface area contributed by atoms with Gasteiger partial charge in [-0.05, 0) is 43.5 Å². The van der Waals surface area contributed by atoms with Crippen LogP contribution in [0.15, 0.2) is 18.2 Å². The summed E-state index contributed by atoms with van der Waals surface area (Å²) in [5.74, 6) is 1.42. The number of phenols is 1. The maximum atomic E-state index is 10.2. The zero-order chi connectivity index (χ0) is 13.3. The Balaban J connectivity index is 2.24. The first-order valence-corrected chi connectivity index (χ1v) is 6.76. The van der Waals surface area contributed by atoms with Crippen molar-refractivity contribution in [1.82, 2.24) is 4.90 Å². The highest BCUT2D eigenvalue weighted by Crippen LogP contribution is 2.38. The zero-order valence-electron chi connectivity index (χ0n) is 11.6. The molecule has 18 heavy (non-hydrogen) atoms. The lowest BCUT2D eigenvalue weighted by Gasteiger charge is -2.21. The fourth-order valence-electron chi connectivity index (χ4n) is 2.84. The summed E-state index contributed by atoms with van der Waals surface area (Å²) in [6, 6.07) is 6.41. The summed E-state index contributed by atoms with van der Waals surface area (Å²) in [6.07, 6.45) is 1.04. The van der Waals surface area contributed by atoms with Gasteiger partial charge < -0.3 is 10.8 Å². The standard InChI is InChI=1S/C15H24N2O/c1-10(2)12-4-5-13(15(18)7-12)14-6-11(8-16)9-17(14)3/h4-5,7,10-11,14,18H,6,8-9,16H2,1-3H3. The molecule has 0 bridgehead atoms. The Morgan fingerprint density at radius 1 is 1.44 bits per heavy atom. The van der Waals surface area contributed by atoms with Crippen LogP contribution in [0.2, 0.25) is 0 Å². The van der Waals surface area contributed by atoms with Gasteiger partial charge in [-0.3, -0.25) is 4.90 Å². The minimum atomic E-state index is 0.305. The van der Waals surface area contributed by atoms with E-state index in [0.29, 0.717) is 23.6 Å². The van der Waals surface area contributed by atoms with Gasteiger partial charge in [0.05, 0.1) is 0 Å². The smallest absolute Gasteiger partial charge is 0.120 e. The number of rotatable bonds is 3. The molecule has 1 aliphatic heterocycles. The van der Waals surface area contributed by atoms with Crippen molar-refractivity contribution in [3.63, 3.8) is 0 Å². The summed E-state index contributed by atoms with van der Waals surface area (Å²) >= 11 is 0. The molecule has 0 saturated carbocycles. The molecule has 0 amide bonds. The molecule has 3 N–H and O–H groups in total. The van der Waals surface area contributed by atoms with Crippen LogP contribution in [0.5, 0.6) is 5.75 Å². The first-order chi connectivity index (χ1) is 8.52. The second-order valence-electron chi connectivity index (χ2n) is 5.77. The number of likely N-dealkylation sites (tertiary alicyclic amines) is 1. The van der Waals surface area contributed by atoms with Crippen molar-refractivity contribution in [2.75, 3.05) is 20.1 Å². The maximum Gasteiger partial charge on any atom is 0.120 e. The minimum absolute atomic E-state index is 0.305. The molecular formula is C15H24N2O. The van der Waals surface area contributed by atoms with E-state index in [0.717, 1.165) is 25.1 Å². The highest BCUT2D eigenvalue weighted by atomic mass is 16.3. The van der Waals surface area contributed by atoms with E-state index in [4.69, 9.17) is 5.73 Å². The highest BCUT2D eigenvalue weighted by molar-refractivity contribution is 5.40. The molecule has 0 spiro atoms. The molecule has 3 heteroatoms. The summed E-state index contributed by atoms with van der Waals surface area (Å²) in [5, 5.41) is 10.2. The lowest BCUT2D eigenvalue weighted by molar-refractivity contribution is 0.305. The Morgan fingerprint density at radius 2 is 2.17 bits per heavy atom. The molecule has 3 nitrogen and oxygen atoms in total. The van der Waals surface area contributed by atoms with Gasteiger partial charge in [0.25, 0.3) is 0 Å². The van der Waals surface area contributed by atoms with Crippen LogP contribution < -0.4 is 5.73 Å². The van der Waals surface area contributed by atoms with E-state index in [-0.39, 0.29) is 0 Å². The number of phenolic OH excluding ortho intramolecular Hbond substituents is 1. The molecule has 1 heterocycles. The second kappa shape index (κ2) is 5.29. The number of nitrogens with two attached hydrogens (primary N) is 1. The molecule has 2 unspecified atom stereocenters. The topological polar surface area (TPSA) is 49.5 Å². The van der Waals surface area contributed by atoms with Crippen LogP contribution in [0.25, 0.3) is 0 Å². The number of hydrogen-bond acceptors (Lipinski definition) is 3. The van der Waals surface area contributed by atoms with Crippen LogP contribution in [0, 0.1) is 5.92 Å². The van der Waals surface area contributed by atoms with Gasteiger partial charge in [0.1, 0.15) is 5.75 Å².